The quantitative estimate of drug-likeness (QED) is 0.323. The van der Waals surface area contributed by atoms with Gasteiger partial charge in [-0.25, -0.2) is 9.97 Å². The molecule has 2 aliphatic heterocycles. The van der Waals surface area contributed by atoms with Gasteiger partial charge in [0.1, 0.15) is 0 Å². The van der Waals surface area contributed by atoms with E-state index in [1.165, 1.54) is 39.0 Å². The standard InChI is InChI=1S/C35H39N5/c1-9-23-20(6)29-17-33-25(11-3)22(8)34(40-33)27(14-13-15-36)35-26(12-4)21(7)30(39-35)18-32-24(10-2)19(5)28(37-32)16-31(23)38-29/h13-14,16-18,37-38H,9-12H2,1-8H3/b14-13+,28-16?,29-17?,30-18?,31-16?,32-18?,33-17?,34-27?,35-27?. The number of allylic oxidation sites excluding steroid dienone is 5. The first-order valence-corrected chi connectivity index (χ1v) is 14.5. The average Bonchev–Trinajstić information content (AvgIpc) is 3.61. The van der Waals surface area contributed by atoms with Crippen LogP contribution in [-0.4, -0.2) is 19.9 Å². The maximum absolute atomic E-state index is 9.49. The van der Waals surface area contributed by atoms with Crippen LogP contribution in [0.5, 0.6) is 0 Å². The van der Waals surface area contributed by atoms with Gasteiger partial charge < -0.3 is 9.97 Å². The van der Waals surface area contributed by atoms with Gasteiger partial charge in [0.05, 0.1) is 28.8 Å². The van der Waals surface area contributed by atoms with E-state index in [2.05, 4.69) is 89.6 Å². The van der Waals surface area contributed by atoms with Crippen LogP contribution in [-0.2, 0) is 12.8 Å². The van der Waals surface area contributed by atoms with E-state index in [1.54, 1.807) is 6.08 Å². The van der Waals surface area contributed by atoms with Gasteiger partial charge >= 0.3 is 0 Å². The molecule has 0 amide bonds. The van der Waals surface area contributed by atoms with E-state index in [0.717, 1.165) is 81.7 Å². The highest BCUT2D eigenvalue weighted by Gasteiger charge is 2.24. The number of aryl methyl sites for hydroxylation is 4. The predicted molar refractivity (Wildman–Crippen MR) is 169 cm³/mol. The van der Waals surface area contributed by atoms with Crippen LogP contribution in [0.15, 0.2) is 24.3 Å². The van der Waals surface area contributed by atoms with Crippen molar-refractivity contribution < 1.29 is 0 Å². The monoisotopic (exact) mass is 529 g/mol. The molecule has 0 aliphatic carbocycles. The van der Waals surface area contributed by atoms with Crippen molar-refractivity contribution in [1.82, 2.24) is 19.9 Å². The molecule has 0 unspecified atom stereocenters. The second kappa shape index (κ2) is 10.8. The van der Waals surface area contributed by atoms with Crippen LogP contribution in [0.1, 0.15) is 105 Å². The van der Waals surface area contributed by atoms with Crippen molar-refractivity contribution in [3.05, 3.63) is 74.9 Å². The number of aromatic nitrogens is 4. The van der Waals surface area contributed by atoms with Crippen LogP contribution >= 0.6 is 0 Å². The molecule has 5 nitrogen and oxygen atoms in total. The third kappa shape index (κ3) is 4.32. The zero-order valence-electron chi connectivity index (χ0n) is 25.1. The van der Waals surface area contributed by atoms with Gasteiger partial charge in [-0.05, 0) is 122 Å². The van der Waals surface area contributed by atoms with Gasteiger partial charge in [-0.1, -0.05) is 27.7 Å². The third-order valence-corrected chi connectivity index (χ3v) is 8.71. The number of H-pyrrole nitrogens is 2. The maximum Gasteiger partial charge on any atom is 0.0912 e. The summed E-state index contributed by atoms with van der Waals surface area (Å²) in [6, 6.07) is 8.86. The molecular formula is C35H39N5. The highest BCUT2D eigenvalue weighted by atomic mass is 14.8. The largest absolute Gasteiger partial charge is 0.355 e. The lowest BCUT2D eigenvalue weighted by molar-refractivity contribution is 1.14. The van der Waals surface area contributed by atoms with Crippen molar-refractivity contribution in [1.29, 1.82) is 5.26 Å². The molecule has 2 aliphatic rings. The molecule has 8 bridgehead atoms. The molecule has 2 N–H and O–H groups in total. The van der Waals surface area contributed by atoms with Crippen LogP contribution in [0.4, 0.5) is 0 Å². The Bertz CT molecular complexity index is 1830. The molecule has 5 rings (SSSR count). The lowest BCUT2D eigenvalue weighted by Gasteiger charge is -2.06. The number of nitrogens with zero attached hydrogens (tertiary/aromatic N) is 3. The summed E-state index contributed by atoms with van der Waals surface area (Å²) in [4.78, 5) is 17.9. The number of hydrogen-bond donors (Lipinski definition) is 2. The summed E-state index contributed by atoms with van der Waals surface area (Å²) < 4.78 is 0. The maximum atomic E-state index is 9.49. The minimum atomic E-state index is 0.846. The molecule has 5 heterocycles. The Labute approximate surface area is 237 Å². The normalized spacial score (nSPS) is 13.6. The van der Waals surface area contributed by atoms with Crippen LogP contribution in [0.25, 0.3) is 50.4 Å². The van der Waals surface area contributed by atoms with Gasteiger partial charge in [-0.3, -0.25) is 0 Å². The van der Waals surface area contributed by atoms with Crippen LogP contribution < -0.4 is 0 Å². The average molecular weight is 530 g/mol. The van der Waals surface area contributed by atoms with Gasteiger partial charge in [0.25, 0.3) is 0 Å². The van der Waals surface area contributed by atoms with Crippen LogP contribution in [0.2, 0.25) is 0 Å². The summed E-state index contributed by atoms with van der Waals surface area (Å²) in [5, 5.41) is 9.49. The summed E-state index contributed by atoms with van der Waals surface area (Å²) >= 11 is 0. The first-order chi connectivity index (χ1) is 19.3. The topological polar surface area (TPSA) is 81.2 Å². The summed E-state index contributed by atoms with van der Waals surface area (Å²) in [6.07, 6.45) is 7.03. The molecule has 40 heavy (non-hydrogen) atoms. The van der Waals surface area contributed by atoms with Crippen molar-refractivity contribution in [2.75, 3.05) is 0 Å². The Morgan fingerprint density at radius 2 is 1.23 bits per heavy atom. The third-order valence-electron chi connectivity index (χ3n) is 8.71. The number of hydrogen-bond acceptors (Lipinski definition) is 3. The Balaban J connectivity index is 2.08. The van der Waals surface area contributed by atoms with E-state index in [1.807, 2.05) is 6.08 Å². The fourth-order valence-electron chi connectivity index (χ4n) is 6.45. The SMILES string of the molecule is CCC1=C(C)c2nc1cc1[nH]c(cc3[nH]c(cc4nc(c2/C=C/C#N)C(CC)=C4C)c(CC)c3C)c(CC)c1C. The second-order valence-electron chi connectivity index (χ2n) is 10.7. The Hall–Kier alpha value is -4.17. The highest BCUT2D eigenvalue weighted by Crippen LogP contribution is 2.40. The summed E-state index contributed by atoms with van der Waals surface area (Å²) in [5.74, 6) is 0. The van der Waals surface area contributed by atoms with Crippen molar-refractivity contribution in [3.8, 4) is 6.07 Å². The van der Waals surface area contributed by atoms with Crippen molar-refractivity contribution in [2.45, 2.75) is 81.1 Å². The summed E-state index contributed by atoms with van der Waals surface area (Å²) in [6.45, 7) is 17.5. The lowest BCUT2D eigenvalue weighted by Crippen LogP contribution is -1.93. The smallest absolute Gasteiger partial charge is 0.0912 e. The van der Waals surface area contributed by atoms with Crippen LogP contribution in [0.3, 0.4) is 0 Å². The molecule has 0 fully saturated rings. The van der Waals surface area contributed by atoms with Gasteiger partial charge in [0.2, 0.25) is 0 Å². The minimum Gasteiger partial charge on any atom is -0.355 e. The molecule has 0 atom stereocenters. The van der Waals surface area contributed by atoms with Crippen LogP contribution in [0, 0.1) is 25.2 Å². The molecule has 3 aromatic heterocycles. The predicted octanol–water partition coefficient (Wildman–Crippen LogP) is 9.27. The van der Waals surface area contributed by atoms with Crippen molar-refractivity contribution in [2.24, 2.45) is 0 Å². The summed E-state index contributed by atoms with van der Waals surface area (Å²) in [5.41, 5.74) is 19.0. The number of nitriles is 1. The number of aromatic amines is 2. The van der Waals surface area contributed by atoms with Gasteiger partial charge in [0, 0.05) is 33.7 Å². The molecule has 3 aromatic rings. The molecule has 5 heteroatoms. The Morgan fingerprint density at radius 3 is 1.80 bits per heavy atom. The van der Waals surface area contributed by atoms with Crippen molar-refractivity contribution in [3.63, 3.8) is 0 Å². The van der Waals surface area contributed by atoms with Gasteiger partial charge in [-0.2, -0.15) is 5.26 Å². The highest BCUT2D eigenvalue weighted by molar-refractivity contribution is 5.99. The number of rotatable bonds is 5. The van der Waals surface area contributed by atoms with E-state index in [0.29, 0.717) is 0 Å². The second-order valence-corrected chi connectivity index (χ2v) is 10.7. The lowest BCUT2D eigenvalue weighted by atomic mass is 9.96. The minimum absolute atomic E-state index is 0.846. The van der Waals surface area contributed by atoms with E-state index < -0.39 is 0 Å². The molecule has 0 spiro atoms. The fraction of sp³-hybridized carbons (Fsp3) is 0.343. The number of fused-ring (bicyclic) bond motifs is 8. The number of nitrogens with one attached hydrogen (secondary N) is 2. The zero-order valence-corrected chi connectivity index (χ0v) is 25.1. The van der Waals surface area contributed by atoms with E-state index >= 15 is 0 Å². The molecule has 0 saturated heterocycles. The first kappa shape index (κ1) is 27.4. The van der Waals surface area contributed by atoms with E-state index in [-0.39, 0.29) is 0 Å². The van der Waals surface area contributed by atoms with E-state index in [9.17, 15) is 5.26 Å². The van der Waals surface area contributed by atoms with Crippen molar-refractivity contribution >= 4 is 50.4 Å². The molecule has 0 saturated carbocycles. The zero-order chi connectivity index (χ0) is 28.7. The van der Waals surface area contributed by atoms with Gasteiger partial charge in [-0.15, -0.1) is 0 Å². The van der Waals surface area contributed by atoms with E-state index in [4.69, 9.17) is 9.97 Å². The molecule has 204 valence electrons. The summed E-state index contributed by atoms with van der Waals surface area (Å²) in [7, 11) is 0. The Morgan fingerprint density at radius 1 is 0.675 bits per heavy atom. The molecule has 0 radical (unpaired) electrons. The first-order valence-electron chi connectivity index (χ1n) is 14.5. The van der Waals surface area contributed by atoms with Gasteiger partial charge in [0.15, 0.2) is 0 Å². The fourth-order valence-corrected chi connectivity index (χ4v) is 6.45. The molecule has 0 aromatic carbocycles. The molecular weight excluding hydrogens is 490 g/mol. The Kier molecular flexibility index (Phi) is 7.38.